The van der Waals surface area contributed by atoms with Gasteiger partial charge in [0.25, 0.3) is 5.56 Å². The lowest BCUT2D eigenvalue weighted by atomic mass is 10.2. The predicted octanol–water partition coefficient (Wildman–Crippen LogP) is 2.17. The summed E-state index contributed by atoms with van der Waals surface area (Å²) in [5, 5.41) is 8.94. The summed E-state index contributed by atoms with van der Waals surface area (Å²) in [7, 11) is 0. The zero-order chi connectivity index (χ0) is 14.7. The first-order valence-corrected chi connectivity index (χ1v) is 6.29. The van der Waals surface area contributed by atoms with Gasteiger partial charge in [-0.3, -0.25) is 14.3 Å². The van der Waals surface area contributed by atoms with E-state index < -0.39 is 0 Å². The summed E-state index contributed by atoms with van der Waals surface area (Å²) in [5.74, 6) is 0.459. The fraction of sp³-hybridized carbons (Fsp3) is 0. The van der Waals surface area contributed by atoms with E-state index in [1.54, 1.807) is 18.3 Å². The molecule has 0 aromatic carbocycles. The maximum atomic E-state index is 11.9. The van der Waals surface area contributed by atoms with Gasteiger partial charge >= 0.3 is 0 Å². The van der Waals surface area contributed by atoms with E-state index >= 15 is 0 Å². The highest BCUT2D eigenvalue weighted by molar-refractivity contribution is 5.55. The van der Waals surface area contributed by atoms with E-state index in [-0.39, 0.29) is 5.56 Å². The second kappa shape index (κ2) is 5.39. The van der Waals surface area contributed by atoms with Crippen molar-refractivity contribution in [2.45, 2.75) is 0 Å². The molecule has 0 unspecified atom stereocenters. The highest BCUT2D eigenvalue weighted by Crippen LogP contribution is 2.15. The van der Waals surface area contributed by atoms with Gasteiger partial charge in [-0.2, -0.15) is 5.26 Å². The number of hydrogen-bond acceptors (Lipinski definition) is 4. The first kappa shape index (κ1) is 12.8. The van der Waals surface area contributed by atoms with E-state index in [1.165, 1.54) is 22.9 Å². The molecule has 0 aliphatic heterocycles. The summed E-state index contributed by atoms with van der Waals surface area (Å²) >= 11 is 0. The van der Waals surface area contributed by atoms with Gasteiger partial charge in [0.1, 0.15) is 11.9 Å². The minimum Gasteiger partial charge on any atom is -0.269 e. The van der Waals surface area contributed by atoms with Crippen LogP contribution in [0.3, 0.4) is 0 Å². The van der Waals surface area contributed by atoms with Crippen LogP contribution in [0.15, 0.2) is 65.7 Å². The molecule has 0 amide bonds. The molecule has 3 rings (SSSR count). The van der Waals surface area contributed by atoms with E-state index in [9.17, 15) is 4.79 Å². The Morgan fingerprint density at radius 2 is 1.86 bits per heavy atom. The average Bonchev–Trinajstić information content (AvgIpc) is 2.56. The summed E-state index contributed by atoms with van der Waals surface area (Å²) in [6, 6.07) is 15.7. The third-order valence-corrected chi connectivity index (χ3v) is 2.95. The molecule has 0 aliphatic rings. The van der Waals surface area contributed by atoms with Crippen LogP contribution in [0.4, 0.5) is 0 Å². The number of hydrogen-bond donors (Lipinski definition) is 0. The van der Waals surface area contributed by atoms with Gasteiger partial charge in [0.05, 0.1) is 17.0 Å². The summed E-state index contributed by atoms with van der Waals surface area (Å²) in [4.78, 5) is 20.6. The number of rotatable bonds is 2. The lowest BCUT2D eigenvalue weighted by molar-refractivity contribution is 0.937. The maximum absolute atomic E-state index is 11.9. The monoisotopic (exact) mass is 274 g/mol. The number of aromatic nitrogens is 3. The van der Waals surface area contributed by atoms with Crippen molar-refractivity contribution >= 4 is 0 Å². The topological polar surface area (TPSA) is 71.6 Å². The number of nitriles is 1. The van der Waals surface area contributed by atoms with Crippen LogP contribution in [0.2, 0.25) is 0 Å². The highest BCUT2D eigenvalue weighted by Gasteiger charge is 2.05. The Hall–Kier alpha value is -3.26. The van der Waals surface area contributed by atoms with Gasteiger partial charge < -0.3 is 0 Å². The molecular formula is C16H10N4O. The summed E-state index contributed by atoms with van der Waals surface area (Å²) in [6.45, 7) is 0. The van der Waals surface area contributed by atoms with Crippen molar-refractivity contribution in [1.29, 1.82) is 5.26 Å². The number of pyridine rings is 3. The van der Waals surface area contributed by atoms with Crippen LogP contribution in [-0.4, -0.2) is 14.5 Å². The van der Waals surface area contributed by atoms with Crippen LogP contribution >= 0.6 is 0 Å². The van der Waals surface area contributed by atoms with E-state index in [0.29, 0.717) is 17.1 Å². The van der Waals surface area contributed by atoms with Gasteiger partial charge in [0, 0.05) is 18.5 Å². The first-order chi connectivity index (χ1) is 10.3. The Morgan fingerprint density at radius 1 is 1.00 bits per heavy atom. The summed E-state index contributed by atoms with van der Waals surface area (Å²) in [6.07, 6.45) is 3.17. The molecule has 3 aromatic rings. The van der Waals surface area contributed by atoms with Gasteiger partial charge in [-0.15, -0.1) is 0 Å². The summed E-state index contributed by atoms with van der Waals surface area (Å²) in [5.41, 5.74) is 1.56. The van der Waals surface area contributed by atoms with Crippen molar-refractivity contribution in [2.75, 3.05) is 0 Å². The molecule has 0 saturated carbocycles. The van der Waals surface area contributed by atoms with Gasteiger partial charge in [-0.1, -0.05) is 12.1 Å². The van der Waals surface area contributed by atoms with Crippen molar-refractivity contribution in [1.82, 2.24) is 14.5 Å². The fourth-order valence-electron chi connectivity index (χ4n) is 1.95. The Kier molecular flexibility index (Phi) is 3.27. The zero-order valence-corrected chi connectivity index (χ0v) is 11.0. The van der Waals surface area contributed by atoms with Crippen LogP contribution < -0.4 is 5.56 Å². The molecule has 0 atom stereocenters. The van der Waals surface area contributed by atoms with Crippen molar-refractivity contribution in [3.63, 3.8) is 0 Å². The van der Waals surface area contributed by atoms with Crippen LogP contribution in [0.5, 0.6) is 0 Å². The molecule has 3 aromatic heterocycles. The predicted molar refractivity (Wildman–Crippen MR) is 77.8 cm³/mol. The van der Waals surface area contributed by atoms with E-state index in [1.807, 2.05) is 30.3 Å². The van der Waals surface area contributed by atoms with Gasteiger partial charge in [0.15, 0.2) is 0 Å². The molecule has 0 radical (unpaired) electrons. The SMILES string of the molecule is N#Cc1ccc(=O)n(-c2cccc(-c3ccccn3)n2)c1. The van der Waals surface area contributed by atoms with Crippen LogP contribution in [0, 0.1) is 11.3 Å². The van der Waals surface area contributed by atoms with E-state index in [0.717, 1.165) is 5.69 Å². The molecule has 21 heavy (non-hydrogen) atoms. The molecule has 0 spiro atoms. The van der Waals surface area contributed by atoms with Crippen LogP contribution in [-0.2, 0) is 0 Å². The minimum absolute atomic E-state index is 0.236. The quantitative estimate of drug-likeness (QED) is 0.718. The average molecular weight is 274 g/mol. The van der Waals surface area contributed by atoms with Gasteiger partial charge in [0.2, 0.25) is 0 Å². The lowest BCUT2D eigenvalue weighted by Gasteiger charge is -2.06. The van der Waals surface area contributed by atoms with Crippen molar-refractivity contribution in [2.24, 2.45) is 0 Å². The zero-order valence-electron chi connectivity index (χ0n) is 11.0. The Balaban J connectivity index is 2.13. The second-order valence-corrected chi connectivity index (χ2v) is 4.33. The summed E-state index contributed by atoms with van der Waals surface area (Å²) < 4.78 is 1.35. The molecule has 100 valence electrons. The number of nitrogens with zero attached hydrogens (tertiary/aromatic N) is 4. The molecule has 5 nitrogen and oxygen atoms in total. The van der Waals surface area contributed by atoms with Crippen LogP contribution in [0.25, 0.3) is 17.2 Å². The molecule has 0 fully saturated rings. The molecule has 0 bridgehead atoms. The van der Waals surface area contributed by atoms with Crippen molar-refractivity contribution in [3.05, 3.63) is 76.8 Å². The van der Waals surface area contributed by atoms with Gasteiger partial charge in [-0.25, -0.2) is 4.98 Å². The Labute approximate surface area is 120 Å². The standard InChI is InChI=1S/C16H10N4O/c17-10-12-7-8-16(21)20(11-12)15-6-3-5-14(19-15)13-4-1-2-9-18-13/h1-9,11H. The minimum atomic E-state index is -0.236. The fourth-order valence-corrected chi connectivity index (χ4v) is 1.95. The highest BCUT2D eigenvalue weighted by atomic mass is 16.1. The molecule has 0 N–H and O–H groups in total. The molecule has 3 heterocycles. The Morgan fingerprint density at radius 3 is 2.62 bits per heavy atom. The third-order valence-electron chi connectivity index (χ3n) is 2.95. The van der Waals surface area contributed by atoms with Crippen molar-refractivity contribution in [3.8, 4) is 23.3 Å². The smallest absolute Gasteiger partial charge is 0.256 e. The third kappa shape index (κ3) is 2.55. The normalized spacial score (nSPS) is 10.0. The second-order valence-electron chi connectivity index (χ2n) is 4.33. The Bertz CT molecular complexity index is 879. The first-order valence-electron chi connectivity index (χ1n) is 6.29. The molecule has 5 heteroatoms. The molecule has 0 saturated heterocycles. The maximum Gasteiger partial charge on any atom is 0.256 e. The van der Waals surface area contributed by atoms with E-state index in [4.69, 9.17) is 5.26 Å². The molecule has 0 aliphatic carbocycles. The van der Waals surface area contributed by atoms with Gasteiger partial charge in [-0.05, 0) is 30.3 Å². The largest absolute Gasteiger partial charge is 0.269 e. The molecular weight excluding hydrogens is 264 g/mol. The van der Waals surface area contributed by atoms with Crippen LogP contribution in [0.1, 0.15) is 5.56 Å². The van der Waals surface area contributed by atoms with E-state index in [2.05, 4.69) is 9.97 Å². The lowest BCUT2D eigenvalue weighted by Crippen LogP contribution is -2.17. The van der Waals surface area contributed by atoms with Crippen molar-refractivity contribution < 1.29 is 0 Å².